The summed E-state index contributed by atoms with van der Waals surface area (Å²) in [5.74, 6) is -0.643. The Hall–Kier alpha value is -3.15. The molecule has 1 aliphatic rings. The van der Waals surface area contributed by atoms with E-state index in [1.165, 1.54) is 0 Å². The molecule has 3 rings (SSSR count). The number of imide groups is 1. The van der Waals surface area contributed by atoms with E-state index in [4.69, 9.17) is 0 Å². The molecular formula is C19H19N3O3. The van der Waals surface area contributed by atoms with Gasteiger partial charge in [0.05, 0.1) is 11.1 Å². The summed E-state index contributed by atoms with van der Waals surface area (Å²) in [5.41, 5.74) is 3.52. The number of rotatable bonds is 4. The second-order valence-corrected chi connectivity index (χ2v) is 5.96. The molecular weight excluding hydrogens is 318 g/mol. The predicted octanol–water partition coefficient (Wildman–Crippen LogP) is 2.72. The summed E-state index contributed by atoms with van der Waals surface area (Å²) < 4.78 is 0. The molecule has 6 heteroatoms. The maximum Gasteiger partial charge on any atom is 0.319 e. The fourth-order valence-electron chi connectivity index (χ4n) is 2.89. The average molecular weight is 337 g/mol. The molecule has 0 radical (unpaired) electrons. The first-order valence-electron chi connectivity index (χ1n) is 8.05. The van der Waals surface area contributed by atoms with E-state index in [-0.39, 0.29) is 30.9 Å². The number of carbonyl (C=O) groups excluding carboxylic acids is 3. The van der Waals surface area contributed by atoms with Crippen molar-refractivity contribution in [1.82, 2.24) is 10.2 Å². The Morgan fingerprint density at radius 1 is 0.920 bits per heavy atom. The number of nitrogens with zero attached hydrogens (tertiary/aromatic N) is 1. The molecule has 0 bridgehead atoms. The Kier molecular flexibility index (Phi) is 4.52. The predicted molar refractivity (Wildman–Crippen MR) is 94.7 cm³/mol. The van der Waals surface area contributed by atoms with E-state index >= 15 is 0 Å². The first-order valence-corrected chi connectivity index (χ1v) is 8.05. The van der Waals surface area contributed by atoms with Crippen LogP contribution in [0.2, 0.25) is 0 Å². The van der Waals surface area contributed by atoms with Gasteiger partial charge in [-0.1, -0.05) is 30.3 Å². The van der Waals surface area contributed by atoms with Crippen LogP contribution in [-0.4, -0.2) is 35.8 Å². The lowest BCUT2D eigenvalue weighted by Gasteiger charge is -2.15. The van der Waals surface area contributed by atoms with E-state index < -0.39 is 0 Å². The summed E-state index contributed by atoms with van der Waals surface area (Å²) >= 11 is 0. The van der Waals surface area contributed by atoms with Crippen LogP contribution in [0.4, 0.5) is 10.5 Å². The summed E-state index contributed by atoms with van der Waals surface area (Å²) in [6.07, 6.45) is 0. The van der Waals surface area contributed by atoms with Gasteiger partial charge in [-0.2, -0.15) is 0 Å². The third kappa shape index (κ3) is 3.24. The molecule has 0 saturated heterocycles. The summed E-state index contributed by atoms with van der Waals surface area (Å²) in [6.45, 7) is 4.15. The van der Waals surface area contributed by atoms with E-state index in [1.807, 2.05) is 32.0 Å². The molecule has 0 saturated carbocycles. The van der Waals surface area contributed by atoms with Crippen molar-refractivity contribution in [2.45, 2.75) is 13.8 Å². The van der Waals surface area contributed by atoms with E-state index in [9.17, 15) is 14.4 Å². The third-order valence-electron chi connectivity index (χ3n) is 4.22. The number of amides is 4. The average Bonchev–Trinajstić information content (AvgIpc) is 2.84. The van der Waals surface area contributed by atoms with Gasteiger partial charge in [0.1, 0.15) is 0 Å². The van der Waals surface area contributed by atoms with Crippen LogP contribution in [0.3, 0.4) is 0 Å². The van der Waals surface area contributed by atoms with Crippen molar-refractivity contribution in [3.8, 4) is 0 Å². The highest BCUT2D eigenvalue weighted by atomic mass is 16.2. The Labute approximate surface area is 145 Å². The number of anilines is 1. The van der Waals surface area contributed by atoms with Gasteiger partial charge >= 0.3 is 6.03 Å². The van der Waals surface area contributed by atoms with Crippen molar-refractivity contribution in [3.05, 3.63) is 64.7 Å². The maximum atomic E-state index is 12.2. The van der Waals surface area contributed by atoms with Gasteiger partial charge in [-0.05, 0) is 37.1 Å². The van der Waals surface area contributed by atoms with Crippen LogP contribution in [0.5, 0.6) is 0 Å². The number of benzene rings is 2. The molecule has 0 atom stereocenters. The summed E-state index contributed by atoms with van der Waals surface area (Å²) in [4.78, 5) is 37.7. The first kappa shape index (κ1) is 16.7. The van der Waals surface area contributed by atoms with Gasteiger partial charge in [0.2, 0.25) is 0 Å². The fraction of sp³-hybridized carbons (Fsp3) is 0.211. The van der Waals surface area contributed by atoms with E-state index in [0.29, 0.717) is 11.1 Å². The zero-order chi connectivity index (χ0) is 18.0. The van der Waals surface area contributed by atoms with Crippen molar-refractivity contribution >= 4 is 23.5 Å². The lowest BCUT2D eigenvalue weighted by Crippen LogP contribution is -2.39. The highest BCUT2D eigenvalue weighted by Crippen LogP contribution is 2.22. The molecule has 1 heterocycles. The maximum absolute atomic E-state index is 12.2. The second-order valence-electron chi connectivity index (χ2n) is 5.96. The molecule has 0 aliphatic carbocycles. The first-order chi connectivity index (χ1) is 12.0. The van der Waals surface area contributed by atoms with Crippen LogP contribution < -0.4 is 10.6 Å². The molecule has 2 aromatic rings. The van der Waals surface area contributed by atoms with Crippen molar-refractivity contribution in [1.29, 1.82) is 0 Å². The van der Waals surface area contributed by atoms with Gasteiger partial charge < -0.3 is 10.6 Å². The topological polar surface area (TPSA) is 78.5 Å². The van der Waals surface area contributed by atoms with Gasteiger partial charge in [0.25, 0.3) is 11.8 Å². The van der Waals surface area contributed by atoms with Crippen LogP contribution in [-0.2, 0) is 0 Å². The number of hydrogen-bond acceptors (Lipinski definition) is 3. The zero-order valence-corrected chi connectivity index (χ0v) is 14.1. The number of para-hydroxylation sites is 1. The molecule has 2 N–H and O–H groups in total. The summed E-state index contributed by atoms with van der Waals surface area (Å²) in [6, 6.07) is 12.1. The third-order valence-corrected chi connectivity index (χ3v) is 4.22. The normalized spacial score (nSPS) is 13.0. The monoisotopic (exact) mass is 337 g/mol. The van der Waals surface area contributed by atoms with Gasteiger partial charge in [0, 0.05) is 18.8 Å². The molecule has 25 heavy (non-hydrogen) atoms. The second kappa shape index (κ2) is 6.76. The van der Waals surface area contributed by atoms with E-state index in [0.717, 1.165) is 21.7 Å². The molecule has 2 aromatic carbocycles. The number of nitrogens with one attached hydrogen (secondary N) is 2. The molecule has 0 spiro atoms. The number of hydrogen-bond donors (Lipinski definition) is 2. The number of aryl methyl sites for hydroxylation is 2. The SMILES string of the molecule is Cc1cccc(C)c1NC(=O)NCCN1C(=O)c2ccccc2C1=O. The van der Waals surface area contributed by atoms with Gasteiger partial charge in [-0.25, -0.2) is 4.79 Å². The summed E-state index contributed by atoms with van der Waals surface area (Å²) in [7, 11) is 0. The van der Waals surface area contributed by atoms with Crippen molar-refractivity contribution in [3.63, 3.8) is 0 Å². The highest BCUT2D eigenvalue weighted by Gasteiger charge is 2.34. The van der Waals surface area contributed by atoms with Crippen LogP contribution in [0, 0.1) is 13.8 Å². The fourth-order valence-corrected chi connectivity index (χ4v) is 2.89. The van der Waals surface area contributed by atoms with Gasteiger partial charge in [0.15, 0.2) is 0 Å². The zero-order valence-electron chi connectivity index (χ0n) is 14.1. The lowest BCUT2D eigenvalue weighted by atomic mass is 10.1. The smallest absolute Gasteiger partial charge is 0.319 e. The Morgan fingerprint density at radius 2 is 1.48 bits per heavy atom. The van der Waals surface area contributed by atoms with Crippen LogP contribution >= 0.6 is 0 Å². The molecule has 128 valence electrons. The largest absolute Gasteiger partial charge is 0.336 e. The van der Waals surface area contributed by atoms with Crippen LogP contribution in [0.15, 0.2) is 42.5 Å². The van der Waals surface area contributed by atoms with Gasteiger partial charge in [-0.3, -0.25) is 14.5 Å². The lowest BCUT2D eigenvalue weighted by molar-refractivity contribution is 0.0656. The number of carbonyl (C=O) groups is 3. The minimum Gasteiger partial charge on any atom is -0.336 e. The van der Waals surface area contributed by atoms with E-state index in [2.05, 4.69) is 10.6 Å². The minimum atomic E-state index is -0.367. The standard InChI is InChI=1S/C19H19N3O3/c1-12-6-5-7-13(2)16(12)21-19(25)20-10-11-22-17(23)14-8-3-4-9-15(14)18(22)24/h3-9H,10-11H2,1-2H3,(H2,20,21,25). The van der Waals surface area contributed by atoms with E-state index in [1.54, 1.807) is 24.3 Å². The Morgan fingerprint density at radius 3 is 2.04 bits per heavy atom. The molecule has 1 aliphatic heterocycles. The van der Waals surface area contributed by atoms with Crippen molar-refractivity contribution in [2.24, 2.45) is 0 Å². The van der Waals surface area contributed by atoms with Crippen molar-refractivity contribution < 1.29 is 14.4 Å². The van der Waals surface area contributed by atoms with Crippen molar-refractivity contribution in [2.75, 3.05) is 18.4 Å². The quantitative estimate of drug-likeness (QED) is 0.842. The molecule has 0 unspecified atom stereocenters. The molecule has 0 aromatic heterocycles. The number of urea groups is 1. The molecule has 6 nitrogen and oxygen atoms in total. The Bertz CT molecular complexity index is 805. The van der Waals surface area contributed by atoms with Gasteiger partial charge in [-0.15, -0.1) is 0 Å². The molecule has 0 fully saturated rings. The molecule has 4 amide bonds. The number of fused-ring (bicyclic) bond motifs is 1. The summed E-state index contributed by atoms with van der Waals surface area (Å²) in [5, 5.41) is 5.49. The minimum absolute atomic E-state index is 0.131. The Balaban J connectivity index is 1.56. The highest BCUT2D eigenvalue weighted by molar-refractivity contribution is 6.21. The van der Waals surface area contributed by atoms with Crippen LogP contribution in [0.1, 0.15) is 31.8 Å². The van der Waals surface area contributed by atoms with Crippen LogP contribution in [0.25, 0.3) is 0 Å².